The Bertz CT molecular complexity index is 967. The van der Waals surface area contributed by atoms with E-state index in [0.29, 0.717) is 16.9 Å². The first kappa shape index (κ1) is 16.4. The van der Waals surface area contributed by atoms with Crippen molar-refractivity contribution in [2.24, 2.45) is 10.2 Å². The van der Waals surface area contributed by atoms with Gasteiger partial charge in [-0.25, -0.2) is 0 Å². The van der Waals surface area contributed by atoms with Crippen LogP contribution in [-0.2, 0) is 0 Å². The fraction of sp³-hybridized carbons (Fsp3) is 0.111. The summed E-state index contributed by atoms with van der Waals surface area (Å²) in [5, 5.41) is 13.5. The Morgan fingerprint density at radius 3 is 2.24 bits per heavy atom. The minimum atomic E-state index is -0.366. The minimum absolute atomic E-state index is 0.0210. The molecule has 0 atom stereocenters. The van der Waals surface area contributed by atoms with Crippen molar-refractivity contribution < 1.29 is 9.53 Å². The van der Waals surface area contributed by atoms with Crippen molar-refractivity contribution in [1.29, 1.82) is 0 Å². The summed E-state index contributed by atoms with van der Waals surface area (Å²) < 4.78 is 5.13. The molecule has 1 heterocycles. The lowest BCUT2D eigenvalue weighted by Gasteiger charge is -2.02. The van der Waals surface area contributed by atoms with E-state index >= 15 is 0 Å². The molecule has 0 bridgehead atoms. The third kappa shape index (κ3) is 3.55. The Morgan fingerprint density at radius 1 is 0.960 bits per heavy atom. The normalized spacial score (nSPS) is 11.0. The summed E-state index contributed by atoms with van der Waals surface area (Å²) >= 11 is 0. The fourth-order valence-corrected chi connectivity index (χ4v) is 2.28. The number of H-pyrrole nitrogens is 2. The third-order valence-electron chi connectivity index (χ3n) is 3.67. The van der Waals surface area contributed by atoms with Gasteiger partial charge in [0, 0.05) is 11.1 Å². The number of aromatic nitrogens is 2. The second kappa shape index (κ2) is 6.96. The number of Topliss-reactive ketones (excluding diaryl/α,β-unsaturated/α-hetero) is 1. The largest absolute Gasteiger partial charge is 0.497 e. The standard InChI is InChI=1S/C18H16N4O3/c1-11(23)12-3-7-14(8-4-12)19-21-17-16(20-22-18(17)24)13-5-9-15(25-2)10-6-13/h3-10H,1-2H3,(H2,20,22,24). The van der Waals surface area contributed by atoms with Gasteiger partial charge in [-0.3, -0.25) is 19.8 Å². The van der Waals surface area contributed by atoms with Crippen LogP contribution in [0.25, 0.3) is 11.3 Å². The molecular formula is C18H16N4O3. The van der Waals surface area contributed by atoms with E-state index in [2.05, 4.69) is 20.4 Å². The average molecular weight is 336 g/mol. The molecular weight excluding hydrogens is 320 g/mol. The van der Waals surface area contributed by atoms with Gasteiger partial charge in [0.1, 0.15) is 5.75 Å². The third-order valence-corrected chi connectivity index (χ3v) is 3.67. The van der Waals surface area contributed by atoms with E-state index in [9.17, 15) is 9.59 Å². The summed E-state index contributed by atoms with van der Waals surface area (Å²) in [7, 11) is 1.59. The number of ether oxygens (including phenoxy) is 1. The maximum absolute atomic E-state index is 12.0. The zero-order chi connectivity index (χ0) is 17.8. The number of azo groups is 1. The van der Waals surface area contributed by atoms with E-state index in [0.717, 1.165) is 11.3 Å². The molecule has 0 saturated heterocycles. The molecule has 0 radical (unpaired) electrons. The maximum atomic E-state index is 12.0. The van der Waals surface area contributed by atoms with Crippen LogP contribution in [0.5, 0.6) is 5.75 Å². The highest BCUT2D eigenvalue weighted by atomic mass is 16.5. The molecule has 0 aliphatic rings. The number of ketones is 1. The van der Waals surface area contributed by atoms with Gasteiger partial charge in [0.25, 0.3) is 5.56 Å². The number of carbonyl (C=O) groups is 1. The second-order valence-corrected chi connectivity index (χ2v) is 5.33. The quantitative estimate of drug-likeness (QED) is 0.544. The van der Waals surface area contributed by atoms with Gasteiger partial charge >= 0.3 is 0 Å². The molecule has 3 rings (SSSR count). The van der Waals surface area contributed by atoms with Crippen LogP contribution in [-0.4, -0.2) is 23.1 Å². The number of nitrogens with zero attached hydrogens (tertiary/aromatic N) is 2. The summed E-state index contributed by atoms with van der Waals surface area (Å²) in [6.07, 6.45) is 0. The van der Waals surface area contributed by atoms with Crippen LogP contribution in [0.3, 0.4) is 0 Å². The van der Waals surface area contributed by atoms with Crippen LogP contribution < -0.4 is 10.3 Å². The molecule has 0 aliphatic heterocycles. The second-order valence-electron chi connectivity index (χ2n) is 5.33. The van der Waals surface area contributed by atoms with Crippen molar-refractivity contribution in [3.8, 4) is 17.0 Å². The minimum Gasteiger partial charge on any atom is -0.497 e. The molecule has 3 aromatic rings. The van der Waals surface area contributed by atoms with Crippen molar-refractivity contribution >= 4 is 17.2 Å². The van der Waals surface area contributed by atoms with Crippen LogP contribution in [0, 0.1) is 0 Å². The van der Waals surface area contributed by atoms with Crippen molar-refractivity contribution in [3.05, 3.63) is 64.4 Å². The predicted octanol–water partition coefficient (Wildman–Crippen LogP) is 4.00. The topological polar surface area (TPSA) is 99.7 Å². The lowest BCUT2D eigenvalue weighted by molar-refractivity contribution is 0.101. The number of benzene rings is 2. The number of rotatable bonds is 5. The van der Waals surface area contributed by atoms with Crippen molar-refractivity contribution in [2.45, 2.75) is 6.92 Å². The maximum Gasteiger partial charge on any atom is 0.292 e. The molecule has 7 nitrogen and oxygen atoms in total. The van der Waals surface area contributed by atoms with E-state index in [1.54, 1.807) is 43.5 Å². The van der Waals surface area contributed by atoms with E-state index in [1.165, 1.54) is 6.92 Å². The number of aromatic amines is 2. The van der Waals surface area contributed by atoms with Crippen LogP contribution in [0.15, 0.2) is 63.6 Å². The summed E-state index contributed by atoms with van der Waals surface area (Å²) in [5.74, 6) is 0.697. The van der Waals surface area contributed by atoms with Gasteiger partial charge in [-0.2, -0.15) is 5.11 Å². The summed E-state index contributed by atoms with van der Waals surface area (Å²) in [6, 6.07) is 13.9. The lowest BCUT2D eigenvalue weighted by Crippen LogP contribution is -1.96. The zero-order valence-electron chi connectivity index (χ0n) is 13.7. The van der Waals surface area contributed by atoms with Crippen molar-refractivity contribution in [3.63, 3.8) is 0 Å². The van der Waals surface area contributed by atoms with Crippen LogP contribution >= 0.6 is 0 Å². The predicted molar refractivity (Wildman–Crippen MR) is 94.0 cm³/mol. The molecule has 0 fully saturated rings. The molecule has 0 aliphatic carbocycles. The molecule has 126 valence electrons. The molecule has 0 amide bonds. The number of methoxy groups -OCH3 is 1. The van der Waals surface area contributed by atoms with E-state index in [-0.39, 0.29) is 17.0 Å². The molecule has 0 unspecified atom stereocenters. The Balaban J connectivity index is 1.91. The van der Waals surface area contributed by atoms with Gasteiger partial charge in [-0.15, -0.1) is 5.11 Å². The van der Waals surface area contributed by atoms with Crippen molar-refractivity contribution in [2.75, 3.05) is 7.11 Å². The summed E-state index contributed by atoms with van der Waals surface area (Å²) in [6.45, 7) is 1.50. The van der Waals surface area contributed by atoms with Gasteiger partial charge in [0.05, 0.1) is 18.5 Å². The first-order valence-electron chi connectivity index (χ1n) is 7.56. The number of hydrogen-bond donors (Lipinski definition) is 2. The number of hydrogen-bond acceptors (Lipinski definition) is 5. The van der Waals surface area contributed by atoms with Gasteiger partial charge in [0.15, 0.2) is 11.5 Å². The Morgan fingerprint density at radius 2 is 1.64 bits per heavy atom. The molecule has 7 heteroatoms. The average Bonchev–Trinajstić information content (AvgIpc) is 3.01. The Hall–Kier alpha value is -3.48. The number of carbonyl (C=O) groups excluding carboxylic acids is 1. The van der Waals surface area contributed by atoms with Gasteiger partial charge in [-0.05, 0) is 55.5 Å². The molecule has 2 aromatic carbocycles. The highest BCUT2D eigenvalue weighted by Crippen LogP contribution is 2.28. The van der Waals surface area contributed by atoms with E-state index < -0.39 is 0 Å². The van der Waals surface area contributed by atoms with Crippen LogP contribution in [0.4, 0.5) is 11.4 Å². The highest BCUT2D eigenvalue weighted by Gasteiger charge is 2.11. The van der Waals surface area contributed by atoms with Gasteiger partial charge in [-0.1, -0.05) is 0 Å². The first-order chi connectivity index (χ1) is 12.1. The Kier molecular flexibility index (Phi) is 4.56. The summed E-state index contributed by atoms with van der Waals surface area (Å²) in [4.78, 5) is 23.3. The first-order valence-corrected chi connectivity index (χ1v) is 7.56. The monoisotopic (exact) mass is 336 g/mol. The molecule has 0 spiro atoms. The zero-order valence-corrected chi connectivity index (χ0v) is 13.7. The smallest absolute Gasteiger partial charge is 0.292 e. The van der Waals surface area contributed by atoms with E-state index in [1.807, 2.05) is 12.1 Å². The molecule has 1 aromatic heterocycles. The Labute approximate surface area is 143 Å². The van der Waals surface area contributed by atoms with Crippen LogP contribution in [0.2, 0.25) is 0 Å². The van der Waals surface area contributed by atoms with Gasteiger partial charge in [0.2, 0.25) is 0 Å². The molecule has 25 heavy (non-hydrogen) atoms. The lowest BCUT2D eigenvalue weighted by atomic mass is 10.1. The van der Waals surface area contributed by atoms with Crippen LogP contribution in [0.1, 0.15) is 17.3 Å². The molecule has 2 N–H and O–H groups in total. The molecule has 0 saturated carbocycles. The SMILES string of the molecule is COc1ccc(-c2[nH][nH]c(=O)c2N=Nc2ccc(C(C)=O)cc2)cc1. The summed E-state index contributed by atoms with van der Waals surface area (Å²) in [5.41, 5.74) is 2.27. The highest BCUT2D eigenvalue weighted by molar-refractivity contribution is 5.94. The van der Waals surface area contributed by atoms with Crippen molar-refractivity contribution in [1.82, 2.24) is 10.2 Å². The van der Waals surface area contributed by atoms with E-state index in [4.69, 9.17) is 4.74 Å². The van der Waals surface area contributed by atoms with Gasteiger partial charge < -0.3 is 4.74 Å². The fourth-order valence-electron chi connectivity index (χ4n) is 2.28. The number of nitrogens with one attached hydrogen (secondary N) is 2.